The molecule has 24 heavy (non-hydrogen) atoms. The van der Waals surface area contributed by atoms with E-state index in [1.54, 1.807) is 6.20 Å². The van der Waals surface area contributed by atoms with Crippen molar-refractivity contribution < 1.29 is 9.32 Å². The highest BCUT2D eigenvalue weighted by Crippen LogP contribution is 2.38. The molecule has 0 aromatic carbocycles. The first kappa shape index (κ1) is 14.9. The lowest BCUT2D eigenvalue weighted by Crippen LogP contribution is -2.28. The van der Waals surface area contributed by atoms with E-state index >= 15 is 0 Å². The van der Waals surface area contributed by atoms with Crippen LogP contribution in [0.5, 0.6) is 0 Å². The van der Waals surface area contributed by atoms with Crippen LogP contribution in [0.4, 0.5) is 16.3 Å². The minimum Gasteiger partial charge on any atom is -0.357 e. The fourth-order valence-corrected chi connectivity index (χ4v) is 2.77. The molecule has 126 valence electrons. The molecule has 8 heteroatoms. The van der Waals surface area contributed by atoms with Crippen molar-refractivity contribution in [1.29, 1.82) is 0 Å². The van der Waals surface area contributed by atoms with Gasteiger partial charge in [0, 0.05) is 19.0 Å². The lowest BCUT2D eigenvalue weighted by Gasteiger charge is -2.16. The first-order chi connectivity index (χ1) is 11.8. The summed E-state index contributed by atoms with van der Waals surface area (Å²) < 4.78 is 5.12. The van der Waals surface area contributed by atoms with E-state index in [1.165, 1.54) is 12.8 Å². The summed E-state index contributed by atoms with van der Waals surface area (Å²) in [5, 5.41) is 9.37. The number of rotatable bonds is 5. The fourth-order valence-electron chi connectivity index (χ4n) is 2.77. The average molecular weight is 328 g/mol. The van der Waals surface area contributed by atoms with E-state index in [0.717, 1.165) is 37.6 Å². The van der Waals surface area contributed by atoms with Gasteiger partial charge in [-0.15, -0.1) is 0 Å². The molecule has 0 unspecified atom stereocenters. The highest BCUT2D eigenvalue weighted by molar-refractivity contribution is 5.89. The van der Waals surface area contributed by atoms with Crippen LogP contribution < -0.4 is 15.5 Å². The Labute approximate surface area is 139 Å². The van der Waals surface area contributed by atoms with Gasteiger partial charge in [-0.1, -0.05) is 5.16 Å². The van der Waals surface area contributed by atoms with Gasteiger partial charge in [0.2, 0.25) is 5.89 Å². The number of carbonyl (C=O) groups is 1. The Hall–Kier alpha value is -2.64. The maximum Gasteiger partial charge on any atom is 0.319 e. The van der Waals surface area contributed by atoms with Crippen molar-refractivity contribution in [3.05, 3.63) is 30.0 Å². The van der Waals surface area contributed by atoms with Crippen molar-refractivity contribution >= 4 is 17.5 Å². The van der Waals surface area contributed by atoms with Crippen LogP contribution >= 0.6 is 0 Å². The van der Waals surface area contributed by atoms with E-state index in [0.29, 0.717) is 17.5 Å². The van der Waals surface area contributed by atoms with Crippen LogP contribution in [0.15, 0.2) is 22.9 Å². The Bertz CT molecular complexity index is 704. The molecule has 8 nitrogen and oxygen atoms in total. The molecule has 2 aromatic rings. The molecule has 1 aliphatic carbocycles. The molecule has 1 aliphatic heterocycles. The summed E-state index contributed by atoms with van der Waals surface area (Å²) in [4.78, 5) is 22.8. The van der Waals surface area contributed by atoms with E-state index in [4.69, 9.17) is 4.52 Å². The molecule has 2 fully saturated rings. The highest BCUT2D eigenvalue weighted by Gasteiger charge is 2.28. The molecule has 0 spiro atoms. The van der Waals surface area contributed by atoms with Crippen molar-refractivity contribution in [3.8, 4) is 0 Å². The fraction of sp³-hybridized carbons (Fsp3) is 0.500. The molecule has 0 radical (unpaired) electrons. The van der Waals surface area contributed by atoms with Crippen molar-refractivity contribution in [1.82, 2.24) is 20.4 Å². The molecular weight excluding hydrogens is 308 g/mol. The second kappa shape index (κ2) is 6.46. The molecule has 2 N–H and O–H groups in total. The van der Waals surface area contributed by atoms with Gasteiger partial charge in [-0.05, 0) is 37.8 Å². The Balaban J connectivity index is 1.27. The van der Waals surface area contributed by atoms with Crippen molar-refractivity contribution in [2.45, 2.75) is 38.1 Å². The number of pyridine rings is 1. The topological polar surface area (TPSA) is 96.2 Å². The Morgan fingerprint density at radius 3 is 2.83 bits per heavy atom. The van der Waals surface area contributed by atoms with E-state index in [1.807, 2.05) is 12.1 Å². The predicted molar refractivity (Wildman–Crippen MR) is 87.8 cm³/mol. The lowest BCUT2D eigenvalue weighted by atomic mass is 10.4. The largest absolute Gasteiger partial charge is 0.357 e. The number of nitrogens with one attached hydrogen (secondary N) is 2. The van der Waals surface area contributed by atoms with Crippen molar-refractivity contribution in [3.63, 3.8) is 0 Å². The van der Waals surface area contributed by atoms with E-state index in [2.05, 4.69) is 30.7 Å². The third-order valence-corrected chi connectivity index (χ3v) is 4.26. The van der Waals surface area contributed by atoms with E-state index in [-0.39, 0.29) is 12.6 Å². The maximum absolute atomic E-state index is 11.9. The number of aromatic nitrogens is 3. The Morgan fingerprint density at radius 1 is 1.29 bits per heavy atom. The molecule has 0 atom stereocenters. The van der Waals surface area contributed by atoms with Gasteiger partial charge in [0.25, 0.3) is 0 Å². The zero-order valence-corrected chi connectivity index (χ0v) is 13.4. The van der Waals surface area contributed by atoms with Gasteiger partial charge in [0.1, 0.15) is 5.82 Å². The summed E-state index contributed by atoms with van der Waals surface area (Å²) in [5.74, 6) is 2.57. The van der Waals surface area contributed by atoms with Gasteiger partial charge in [0.05, 0.1) is 18.4 Å². The van der Waals surface area contributed by atoms with Gasteiger partial charge in [0.15, 0.2) is 5.82 Å². The van der Waals surface area contributed by atoms with Crippen LogP contribution in [0, 0.1) is 0 Å². The number of nitrogens with zero attached hydrogens (tertiary/aromatic N) is 4. The summed E-state index contributed by atoms with van der Waals surface area (Å²) in [7, 11) is 0. The number of amides is 2. The predicted octanol–water partition coefficient (Wildman–Crippen LogP) is 2.26. The third-order valence-electron chi connectivity index (χ3n) is 4.26. The first-order valence-electron chi connectivity index (χ1n) is 8.36. The van der Waals surface area contributed by atoms with Gasteiger partial charge in [-0.3, -0.25) is 0 Å². The number of urea groups is 1. The lowest BCUT2D eigenvalue weighted by molar-refractivity contribution is 0.249. The Morgan fingerprint density at radius 2 is 2.12 bits per heavy atom. The zero-order valence-electron chi connectivity index (χ0n) is 13.4. The molecule has 3 heterocycles. The number of hydrogen-bond donors (Lipinski definition) is 2. The molecule has 1 saturated heterocycles. The number of carbonyl (C=O) groups excluding carboxylic acids is 1. The maximum atomic E-state index is 11.9. The SMILES string of the molecule is O=C(NCc1nc(C2CC2)no1)Nc1ccc(N2CCCC2)nc1. The molecule has 1 saturated carbocycles. The molecule has 2 amide bonds. The van der Waals surface area contributed by atoms with Crippen LogP contribution in [0.2, 0.25) is 0 Å². The van der Waals surface area contributed by atoms with Gasteiger partial charge >= 0.3 is 6.03 Å². The minimum atomic E-state index is -0.322. The smallest absolute Gasteiger partial charge is 0.319 e. The zero-order chi connectivity index (χ0) is 16.4. The third kappa shape index (κ3) is 3.47. The summed E-state index contributed by atoms with van der Waals surface area (Å²) in [6, 6.07) is 3.47. The second-order valence-electron chi connectivity index (χ2n) is 6.23. The van der Waals surface area contributed by atoms with Crippen LogP contribution in [0.25, 0.3) is 0 Å². The normalized spacial score (nSPS) is 17.1. The number of hydrogen-bond acceptors (Lipinski definition) is 6. The molecule has 2 aromatic heterocycles. The standard InChI is InChI=1S/C16H20N6O2/c23-16(18-10-14-20-15(21-24-14)11-3-4-11)19-12-5-6-13(17-9-12)22-7-1-2-8-22/h5-6,9,11H,1-4,7-8,10H2,(H2,18,19,23). The van der Waals surface area contributed by atoms with Gasteiger partial charge in [-0.25, -0.2) is 9.78 Å². The van der Waals surface area contributed by atoms with E-state index < -0.39 is 0 Å². The molecule has 2 aliphatic rings. The molecular formula is C16H20N6O2. The molecule has 0 bridgehead atoms. The summed E-state index contributed by atoms with van der Waals surface area (Å²) in [6.07, 6.45) is 6.33. The summed E-state index contributed by atoms with van der Waals surface area (Å²) in [6.45, 7) is 2.31. The van der Waals surface area contributed by atoms with Crippen LogP contribution in [0.1, 0.15) is 43.3 Å². The van der Waals surface area contributed by atoms with Crippen LogP contribution in [0.3, 0.4) is 0 Å². The second-order valence-corrected chi connectivity index (χ2v) is 6.23. The monoisotopic (exact) mass is 328 g/mol. The van der Waals surface area contributed by atoms with Crippen molar-refractivity contribution in [2.75, 3.05) is 23.3 Å². The first-order valence-corrected chi connectivity index (χ1v) is 8.36. The quantitative estimate of drug-likeness (QED) is 0.874. The van der Waals surface area contributed by atoms with Gasteiger partial charge in [-0.2, -0.15) is 4.98 Å². The summed E-state index contributed by atoms with van der Waals surface area (Å²) >= 11 is 0. The highest BCUT2D eigenvalue weighted by atomic mass is 16.5. The minimum absolute atomic E-state index is 0.213. The Kier molecular flexibility index (Phi) is 4.02. The van der Waals surface area contributed by atoms with E-state index in [9.17, 15) is 4.79 Å². The van der Waals surface area contributed by atoms with Crippen LogP contribution in [-0.2, 0) is 6.54 Å². The molecule has 4 rings (SSSR count). The van der Waals surface area contributed by atoms with Crippen molar-refractivity contribution in [2.24, 2.45) is 0 Å². The number of anilines is 2. The van der Waals surface area contributed by atoms with Gasteiger partial charge < -0.3 is 20.1 Å². The summed E-state index contributed by atoms with van der Waals surface area (Å²) in [5.41, 5.74) is 0.652. The van der Waals surface area contributed by atoms with Crippen LogP contribution in [-0.4, -0.2) is 34.2 Å². The average Bonchev–Trinajstić information content (AvgIpc) is 3.12.